The van der Waals surface area contributed by atoms with E-state index in [1.165, 1.54) is 35.5 Å². The third-order valence-electron chi connectivity index (χ3n) is 3.11. The first-order valence-corrected chi connectivity index (χ1v) is 10.5. The van der Waals surface area contributed by atoms with Crippen LogP contribution in [0.15, 0.2) is 32.3 Å². The molecule has 1 aliphatic carbocycles. The topological polar surface area (TPSA) is 58.2 Å². The number of halogens is 1. The van der Waals surface area contributed by atoms with Gasteiger partial charge in [0.1, 0.15) is 4.21 Å². The highest BCUT2D eigenvalue weighted by atomic mass is 79.9. The number of hydrogen-bond donors (Lipinski definition) is 2. The lowest BCUT2D eigenvalue weighted by molar-refractivity contribution is 0.584. The molecule has 0 aromatic carbocycles. The lowest BCUT2D eigenvalue weighted by atomic mass is 10.4. The molecule has 1 aliphatic rings. The van der Waals surface area contributed by atoms with Crippen molar-refractivity contribution in [3.63, 3.8) is 0 Å². The first-order chi connectivity index (χ1) is 10.0. The highest BCUT2D eigenvalue weighted by Gasteiger charge is 2.21. The summed E-state index contributed by atoms with van der Waals surface area (Å²) in [5.74, 6) is 0. The zero-order valence-corrected chi connectivity index (χ0v) is 15.2. The molecule has 8 heteroatoms. The molecule has 2 heterocycles. The van der Waals surface area contributed by atoms with Crippen LogP contribution in [0.5, 0.6) is 0 Å². The van der Waals surface area contributed by atoms with Crippen molar-refractivity contribution >= 4 is 48.6 Å². The molecule has 0 saturated heterocycles. The van der Waals surface area contributed by atoms with Crippen LogP contribution in [0.1, 0.15) is 22.6 Å². The molecule has 0 atom stereocenters. The SMILES string of the molecule is O=S(=O)(NCc1ccc(Br)s1)c1ccc(CNC2CC2)s1. The first kappa shape index (κ1) is 15.6. The van der Waals surface area contributed by atoms with E-state index in [0.29, 0.717) is 16.8 Å². The Kier molecular flexibility index (Phi) is 4.82. The summed E-state index contributed by atoms with van der Waals surface area (Å²) < 4.78 is 28.5. The van der Waals surface area contributed by atoms with E-state index < -0.39 is 10.0 Å². The Balaban J connectivity index is 1.60. The molecular weight excluding hydrogens is 392 g/mol. The van der Waals surface area contributed by atoms with Gasteiger partial charge in [-0.25, -0.2) is 13.1 Å². The molecule has 3 rings (SSSR count). The van der Waals surface area contributed by atoms with Crippen LogP contribution in [-0.4, -0.2) is 14.5 Å². The van der Waals surface area contributed by atoms with Crippen LogP contribution in [0.25, 0.3) is 0 Å². The molecule has 0 aliphatic heterocycles. The minimum absolute atomic E-state index is 0.326. The molecule has 114 valence electrons. The van der Waals surface area contributed by atoms with Gasteiger partial charge < -0.3 is 5.32 Å². The van der Waals surface area contributed by atoms with Crippen molar-refractivity contribution in [2.75, 3.05) is 0 Å². The van der Waals surface area contributed by atoms with E-state index >= 15 is 0 Å². The molecule has 0 radical (unpaired) electrons. The van der Waals surface area contributed by atoms with Gasteiger partial charge in [0.05, 0.1) is 3.79 Å². The summed E-state index contributed by atoms with van der Waals surface area (Å²) in [5, 5.41) is 3.39. The molecular formula is C13H15BrN2O2S3. The summed E-state index contributed by atoms with van der Waals surface area (Å²) in [4.78, 5) is 2.04. The quantitative estimate of drug-likeness (QED) is 0.741. The predicted molar refractivity (Wildman–Crippen MR) is 90.2 cm³/mol. The highest BCUT2D eigenvalue weighted by Crippen LogP contribution is 2.25. The molecule has 0 amide bonds. The summed E-state index contributed by atoms with van der Waals surface area (Å²) in [5.41, 5.74) is 0. The van der Waals surface area contributed by atoms with Gasteiger partial charge in [-0.3, -0.25) is 0 Å². The van der Waals surface area contributed by atoms with E-state index in [-0.39, 0.29) is 0 Å². The second-order valence-corrected chi connectivity index (χ2v) is 10.6. The van der Waals surface area contributed by atoms with Gasteiger partial charge in [0.25, 0.3) is 0 Å². The summed E-state index contributed by atoms with van der Waals surface area (Å²) in [6.07, 6.45) is 2.46. The molecule has 1 fully saturated rings. The number of sulfonamides is 1. The van der Waals surface area contributed by atoms with E-state index in [4.69, 9.17) is 0 Å². The molecule has 0 unspecified atom stereocenters. The van der Waals surface area contributed by atoms with Crippen molar-refractivity contribution in [2.24, 2.45) is 0 Å². The Morgan fingerprint density at radius 1 is 1.10 bits per heavy atom. The first-order valence-electron chi connectivity index (χ1n) is 6.59. The smallest absolute Gasteiger partial charge is 0.250 e. The van der Waals surface area contributed by atoms with Gasteiger partial charge in [-0.2, -0.15) is 0 Å². The average Bonchev–Trinajstić information content (AvgIpc) is 2.97. The standard InChI is InChI=1S/C13H15BrN2O2S3/c14-12-5-3-11(19-12)8-16-21(17,18)13-6-4-10(20-13)7-15-9-1-2-9/h3-6,9,15-16H,1-2,7-8H2. The summed E-state index contributed by atoms with van der Waals surface area (Å²) in [6.45, 7) is 1.08. The van der Waals surface area contributed by atoms with Crippen LogP contribution in [0, 0.1) is 0 Å². The van der Waals surface area contributed by atoms with Gasteiger partial charge in [0.2, 0.25) is 10.0 Å². The highest BCUT2D eigenvalue weighted by molar-refractivity contribution is 9.11. The Hall–Kier alpha value is -0.250. The third kappa shape index (κ3) is 4.37. The van der Waals surface area contributed by atoms with Gasteiger partial charge in [0, 0.05) is 28.9 Å². The van der Waals surface area contributed by atoms with Gasteiger partial charge >= 0.3 is 0 Å². The Labute approximate surface area is 140 Å². The number of nitrogens with one attached hydrogen (secondary N) is 2. The second-order valence-electron chi connectivity index (χ2n) is 4.91. The zero-order chi connectivity index (χ0) is 14.9. The maximum Gasteiger partial charge on any atom is 0.250 e. The van der Waals surface area contributed by atoms with Crippen LogP contribution in [0.2, 0.25) is 0 Å². The van der Waals surface area contributed by atoms with Crippen LogP contribution in [-0.2, 0) is 23.1 Å². The van der Waals surface area contributed by atoms with Crippen LogP contribution in [0.4, 0.5) is 0 Å². The Morgan fingerprint density at radius 2 is 1.81 bits per heavy atom. The van der Waals surface area contributed by atoms with Gasteiger partial charge in [0.15, 0.2) is 0 Å². The van der Waals surface area contributed by atoms with E-state index in [9.17, 15) is 8.42 Å². The maximum absolute atomic E-state index is 12.2. The molecule has 2 N–H and O–H groups in total. The van der Waals surface area contributed by atoms with Gasteiger partial charge in [-0.15, -0.1) is 22.7 Å². The molecule has 0 spiro atoms. The van der Waals surface area contributed by atoms with Crippen molar-refractivity contribution < 1.29 is 8.42 Å². The fourth-order valence-electron chi connectivity index (χ4n) is 1.81. The average molecular weight is 407 g/mol. The normalized spacial score (nSPS) is 15.5. The monoisotopic (exact) mass is 406 g/mol. The number of hydrogen-bond acceptors (Lipinski definition) is 5. The lowest BCUT2D eigenvalue weighted by Gasteiger charge is -2.03. The van der Waals surface area contributed by atoms with Crippen molar-refractivity contribution in [1.82, 2.24) is 10.0 Å². The lowest BCUT2D eigenvalue weighted by Crippen LogP contribution is -2.21. The Morgan fingerprint density at radius 3 is 2.48 bits per heavy atom. The fourth-order valence-corrected chi connectivity index (χ4v) is 5.69. The fraction of sp³-hybridized carbons (Fsp3) is 0.385. The summed E-state index contributed by atoms with van der Waals surface area (Å²) in [7, 11) is -3.42. The van der Waals surface area contributed by atoms with E-state index in [1.54, 1.807) is 6.07 Å². The molecule has 2 aromatic heterocycles. The van der Waals surface area contributed by atoms with Crippen molar-refractivity contribution in [2.45, 2.75) is 36.2 Å². The summed E-state index contributed by atoms with van der Waals surface area (Å²) in [6, 6.07) is 8.03. The number of rotatable bonds is 7. The molecule has 0 bridgehead atoms. The molecule has 2 aromatic rings. The van der Waals surface area contributed by atoms with Crippen molar-refractivity contribution in [1.29, 1.82) is 0 Å². The largest absolute Gasteiger partial charge is 0.309 e. The summed E-state index contributed by atoms with van der Waals surface area (Å²) >= 11 is 6.23. The van der Waals surface area contributed by atoms with Gasteiger partial charge in [-0.05, 0) is 53.0 Å². The van der Waals surface area contributed by atoms with E-state index in [0.717, 1.165) is 20.1 Å². The van der Waals surface area contributed by atoms with Crippen molar-refractivity contribution in [3.05, 3.63) is 37.8 Å². The van der Waals surface area contributed by atoms with E-state index in [1.807, 2.05) is 18.2 Å². The second kappa shape index (κ2) is 6.47. The minimum atomic E-state index is -3.42. The zero-order valence-electron chi connectivity index (χ0n) is 11.1. The minimum Gasteiger partial charge on any atom is -0.309 e. The van der Waals surface area contributed by atoms with Crippen LogP contribution >= 0.6 is 38.6 Å². The maximum atomic E-state index is 12.2. The van der Waals surface area contributed by atoms with Gasteiger partial charge in [-0.1, -0.05) is 0 Å². The van der Waals surface area contributed by atoms with E-state index in [2.05, 4.69) is 26.0 Å². The Bertz CT molecular complexity index is 719. The van der Waals surface area contributed by atoms with Crippen LogP contribution in [0.3, 0.4) is 0 Å². The number of thiophene rings is 2. The van der Waals surface area contributed by atoms with Crippen LogP contribution < -0.4 is 10.0 Å². The molecule has 4 nitrogen and oxygen atoms in total. The molecule has 1 saturated carbocycles. The molecule has 21 heavy (non-hydrogen) atoms. The third-order valence-corrected chi connectivity index (χ3v) is 7.71. The predicted octanol–water partition coefficient (Wildman–Crippen LogP) is 3.30. The van der Waals surface area contributed by atoms with Crippen molar-refractivity contribution in [3.8, 4) is 0 Å².